The molecule has 0 aliphatic rings. The number of nitrogen functional groups attached to an aromatic ring is 1. The van der Waals surface area contributed by atoms with Gasteiger partial charge in [0.15, 0.2) is 9.84 Å². The molecule has 1 unspecified atom stereocenters. The summed E-state index contributed by atoms with van der Waals surface area (Å²) in [6, 6.07) is 9.23. The van der Waals surface area contributed by atoms with Crippen LogP contribution < -0.4 is 11.1 Å². The van der Waals surface area contributed by atoms with Crippen LogP contribution in [0.1, 0.15) is 24.3 Å². The zero-order valence-corrected chi connectivity index (χ0v) is 13.1. The number of nitrogens with one attached hydrogen (secondary N) is 1. The topological polar surface area (TPSA) is 72.2 Å². The number of hydrogen-bond acceptors (Lipinski definition) is 5. The van der Waals surface area contributed by atoms with Crippen molar-refractivity contribution in [1.29, 1.82) is 0 Å². The molecule has 3 N–H and O–H groups in total. The molecule has 6 heteroatoms. The minimum absolute atomic E-state index is 0.132. The lowest BCUT2D eigenvalue weighted by Crippen LogP contribution is -2.11. The molecular weight excluding hydrogens is 292 g/mol. The van der Waals surface area contributed by atoms with Crippen LogP contribution in [0.2, 0.25) is 0 Å². The summed E-state index contributed by atoms with van der Waals surface area (Å²) < 4.78 is 23.4. The van der Waals surface area contributed by atoms with E-state index in [0.29, 0.717) is 5.69 Å². The fraction of sp³-hybridized carbons (Fsp3) is 0.286. The molecule has 0 fully saturated rings. The van der Waals surface area contributed by atoms with Crippen LogP contribution in [0.15, 0.2) is 40.6 Å². The first-order chi connectivity index (χ1) is 9.43. The third-order valence-electron chi connectivity index (χ3n) is 3.09. The number of nitrogens with two attached hydrogens (primary N) is 1. The summed E-state index contributed by atoms with van der Waals surface area (Å²) in [6.45, 7) is 2.08. The molecule has 0 saturated carbocycles. The number of anilines is 2. The molecule has 4 nitrogen and oxygen atoms in total. The zero-order chi connectivity index (χ0) is 14.8. The van der Waals surface area contributed by atoms with Gasteiger partial charge in [0.1, 0.15) is 0 Å². The molecule has 20 heavy (non-hydrogen) atoms. The highest BCUT2D eigenvalue weighted by atomic mass is 32.2. The Balaban J connectivity index is 2.35. The third kappa shape index (κ3) is 3.13. The van der Waals surface area contributed by atoms with Gasteiger partial charge in [-0.15, -0.1) is 11.3 Å². The zero-order valence-electron chi connectivity index (χ0n) is 11.5. The van der Waals surface area contributed by atoms with E-state index in [1.807, 2.05) is 11.4 Å². The van der Waals surface area contributed by atoms with Crippen LogP contribution in [0.25, 0.3) is 0 Å². The second-order valence-electron chi connectivity index (χ2n) is 4.61. The van der Waals surface area contributed by atoms with E-state index in [4.69, 9.17) is 5.73 Å². The van der Waals surface area contributed by atoms with Crippen LogP contribution in [0.3, 0.4) is 0 Å². The monoisotopic (exact) mass is 310 g/mol. The van der Waals surface area contributed by atoms with E-state index in [1.165, 1.54) is 17.2 Å². The summed E-state index contributed by atoms with van der Waals surface area (Å²) in [5.74, 6) is 0. The summed E-state index contributed by atoms with van der Waals surface area (Å²) in [6.07, 6.45) is 2.06. The van der Waals surface area contributed by atoms with E-state index in [1.54, 1.807) is 23.5 Å². The molecule has 0 aliphatic heterocycles. The average Bonchev–Trinajstić information content (AvgIpc) is 2.90. The molecule has 0 bridgehead atoms. The van der Waals surface area contributed by atoms with Crippen molar-refractivity contribution >= 4 is 32.5 Å². The van der Waals surface area contributed by atoms with E-state index >= 15 is 0 Å². The van der Waals surface area contributed by atoms with Gasteiger partial charge in [0, 0.05) is 11.1 Å². The Labute approximate surface area is 123 Å². The van der Waals surface area contributed by atoms with E-state index in [2.05, 4.69) is 18.3 Å². The second-order valence-corrected chi connectivity index (χ2v) is 7.57. The molecule has 0 saturated heterocycles. The highest BCUT2D eigenvalue weighted by Crippen LogP contribution is 2.32. The molecule has 108 valence electrons. The van der Waals surface area contributed by atoms with Crippen molar-refractivity contribution in [3.05, 3.63) is 40.6 Å². The van der Waals surface area contributed by atoms with Gasteiger partial charge < -0.3 is 11.1 Å². The largest absolute Gasteiger partial charge is 0.396 e. The quantitative estimate of drug-likeness (QED) is 0.831. The van der Waals surface area contributed by atoms with Crippen LogP contribution in [-0.2, 0) is 9.84 Å². The summed E-state index contributed by atoms with van der Waals surface area (Å²) in [5.41, 5.74) is 6.93. The second kappa shape index (κ2) is 5.85. The van der Waals surface area contributed by atoms with Gasteiger partial charge in [-0.1, -0.05) is 19.1 Å². The van der Waals surface area contributed by atoms with Crippen molar-refractivity contribution in [2.45, 2.75) is 24.3 Å². The Hall–Kier alpha value is -1.53. The standard InChI is InChI=1S/C14H18N2O2S2/c1-3-10(12-7-5-9-19-12)16-11-6-4-8-13(14(11)15)20(2,17)18/h4-10,16H,3,15H2,1-2H3. The van der Waals surface area contributed by atoms with E-state index in [9.17, 15) is 8.42 Å². The smallest absolute Gasteiger partial charge is 0.177 e. The van der Waals surface area contributed by atoms with E-state index < -0.39 is 9.84 Å². The number of thiophene rings is 1. The molecule has 1 aromatic heterocycles. The lowest BCUT2D eigenvalue weighted by molar-refractivity contribution is 0.602. The van der Waals surface area contributed by atoms with Crippen molar-refractivity contribution in [2.24, 2.45) is 0 Å². The van der Waals surface area contributed by atoms with Crippen molar-refractivity contribution < 1.29 is 8.42 Å². The summed E-state index contributed by atoms with van der Waals surface area (Å²) in [5, 5.41) is 5.36. The predicted octanol–water partition coefficient (Wildman–Crippen LogP) is 3.30. The Morgan fingerprint density at radius 1 is 1.30 bits per heavy atom. The Morgan fingerprint density at radius 3 is 2.60 bits per heavy atom. The van der Waals surface area contributed by atoms with Crippen molar-refractivity contribution in [3.8, 4) is 0 Å². The first-order valence-corrected chi connectivity index (χ1v) is 9.09. The van der Waals surface area contributed by atoms with Crippen molar-refractivity contribution in [3.63, 3.8) is 0 Å². The first-order valence-electron chi connectivity index (χ1n) is 6.32. The fourth-order valence-electron chi connectivity index (χ4n) is 2.04. The maximum absolute atomic E-state index is 11.7. The molecular formula is C14H18N2O2S2. The molecule has 2 rings (SSSR count). The minimum Gasteiger partial charge on any atom is -0.396 e. The van der Waals surface area contributed by atoms with Gasteiger partial charge in [-0.3, -0.25) is 0 Å². The highest BCUT2D eigenvalue weighted by Gasteiger charge is 2.17. The summed E-state index contributed by atoms with van der Waals surface area (Å²) in [7, 11) is -3.31. The van der Waals surface area contributed by atoms with Gasteiger partial charge in [-0.05, 0) is 30.0 Å². The van der Waals surface area contributed by atoms with Gasteiger partial charge >= 0.3 is 0 Å². The number of hydrogen-bond donors (Lipinski definition) is 2. The average molecular weight is 310 g/mol. The lowest BCUT2D eigenvalue weighted by Gasteiger charge is -2.19. The maximum Gasteiger partial charge on any atom is 0.177 e. The highest BCUT2D eigenvalue weighted by molar-refractivity contribution is 7.90. The Morgan fingerprint density at radius 2 is 2.05 bits per heavy atom. The van der Waals surface area contributed by atoms with Crippen molar-refractivity contribution in [2.75, 3.05) is 17.3 Å². The van der Waals surface area contributed by atoms with Crippen LogP contribution in [0.4, 0.5) is 11.4 Å². The fourth-order valence-corrected chi connectivity index (χ4v) is 3.74. The van der Waals surface area contributed by atoms with Gasteiger partial charge in [0.25, 0.3) is 0 Å². The molecule has 0 radical (unpaired) electrons. The van der Waals surface area contributed by atoms with Gasteiger partial charge in [-0.2, -0.15) is 0 Å². The molecule has 1 atom stereocenters. The maximum atomic E-state index is 11.7. The predicted molar refractivity (Wildman–Crippen MR) is 84.9 cm³/mol. The van der Waals surface area contributed by atoms with Crippen molar-refractivity contribution in [1.82, 2.24) is 0 Å². The first kappa shape index (κ1) is 14.9. The molecule has 0 amide bonds. The van der Waals surface area contributed by atoms with E-state index in [0.717, 1.165) is 6.42 Å². The number of para-hydroxylation sites is 1. The van der Waals surface area contributed by atoms with Crippen LogP contribution >= 0.6 is 11.3 Å². The molecule has 0 spiro atoms. The van der Waals surface area contributed by atoms with Gasteiger partial charge in [0.2, 0.25) is 0 Å². The lowest BCUT2D eigenvalue weighted by atomic mass is 10.1. The number of benzene rings is 1. The summed E-state index contributed by atoms with van der Waals surface area (Å²) in [4.78, 5) is 1.38. The Bertz CT molecular complexity index is 679. The normalized spacial score (nSPS) is 13.1. The molecule has 2 aromatic rings. The number of rotatable bonds is 5. The van der Waals surface area contributed by atoms with Crippen LogP contribution in [0, 0.1) is 0 Å². The molecule has 1 aromatic carbocycles. The molecule has 1 heterocycles. The Kier molecular flexibility index (Phi) is 4.35. The van der Waals surface area contributed by atoms with Gasteiger partial charge in [0.05, 0.1) is 22.3 Å². The van der Waals surface area contributed by atoms with Crippen LogP contribution in [0.5, 0.6) is 0 Å². The molecule has 0 aliphatic carbocycles. The van der Waals surface area contributed by atoms with Crippen LogP contribution in [-0.4, -0.2) is 14.7 Å². The summed E-state index contributed by atoms with van der Waals surface area (Å²) >= 11 is 1.67. The minimum atomic E-state index is -3.31. The number of sulfone groups is 1. The van der Waals surface area contributed by atoms with E-state index in [-0.39, 0.29) is 16.6 Å². The van der Waals surface area contributed by atoms with Gasteiger partial charge in [-0.25, -0.2) is 8.42 Å². The third-order valence-corrected chi connectivity index (χ3v) is 5.23. The SMILES string of the molecule is CCC(Nc1cccc(S(C)(=O)=O)c1N)c1cccs1.